The summed E-state index contributed by atoms with van der Waals surface area (Å²) in [6.45, 7) is 0.255. The Hall–Kier alpha value is -2.83. The van der Waals surface area contributed by atoms with Gasteiger partial charge in [0, 0.05) is 31.9 Å². The van der Waals surface area contributed by atoms with Crippen molar-refractivity contribution in [2.24, 2.45) is 7.05 Å². The largest absolute Gasteiger partial charge is 0.337 e. The predicted octanol–water partition coefficient (Wildman–Crippen LogP) is 1.57. The molecule has 0 unspecified atom stereocenters. The monoisotopic (exact) mass is 287 g/mol. The van der Waals surface area contributed by atoms with Crippen LogP contribution in [0, 0.1) is 0 Å². The van der Waals surface area contributed by atoms with E-state index in [1.807, 2.05) is 18.2 Å². The number of carbonyl (C=O) groups excluding carboxylic acids is 2. The van der Waals surface area contributed by atoms with Crippen LogP contribution in [0.1, 0.15) is 6.42 Å². The summed E-state index contributed by atoms with van der Waals surface area (Å²) in [5.74, 6) is -0.178. The Kier molecular flexibility index (Phi) is 4.92. The molecule has 0 fully saturated rings. The van der Waals surface area contributed by atoms with Crippen LogP contribution in [-0.2, 0) is 11.8 Å². The molecule has 0 radical (unpaired) electrons. The van der Waals surface area contributed by atoms with Gasteiger partial charge in [-0.25, -0.2) is 4.79 Å². The van der Waals surface area contributed by atoms with Crippen LogP contribution in [-0.4, -0.2) is 28.3 Å². The second-order valence-electron chi connectivity index (χ2n) is 4.45. The molecule has 1 aromatic carbocycles. The average molecular weight is 287 g/mol. The lowest BCUT2D eigenvalue weighted by atomic mass is 10.3. The maximum atomic E-state index is 11.6. The fraction of sp³-hybridized carbons (Fsp3) is 0.214. The zero-order chi connectivity index (χ0) is 15.1. The smallest absolute Gasteiger partial charge is 0.319 e. The maximum Gasteiger partial charge on any atom is 0.319 e. The lowest BCUT2D eigenvalue weighted by Crippen LogP contribution is -2.31. The molecule has 0 saturated heterocycles. The van der Waals surface area contributed by atoms with E-state index in [0.29, 0.717) is 11.4 Å². The molecule has 3 N–H and O–H groups in total. The zero-order valence-corrected chi connectivity index (χ0v) is 11.7. The average Bonchev–Trinajstić information content (AvgIpc) is 2.85. The number of carbonyl (C=O) groups is 2. The molecule has 7 heteroatoms. The Bertz CT molecular complexity index is 609. The Morgan fingerprint density at radius 2 is 1.90 bits per heavy atom. The number of nitrogens with zero attached hydrogens (tertiary/aromatic N) is 2. The molecule has 1 heterocycles. The molecule has 0 aliphatic rings. The standard InChI is InChI=1S/C14H17N5O2/c1-19-10-12(9-16-19)17-13(20)7-8-15-14(21)18-11-5-3-2-4-6-11/h2-6,9-10H,7-8H2,1H3,(H,17,20)(H2,15,18,21). The highest BCUT2D eigenvalue weighted by Crippen LogP contribution is 2.05. The highest BCUT2D eigenvalue weighted by atomic mass is 16.2. The van der Waals surface area contributed by atoms with Crippen LogP contribution in [0.25, 0.3) is 0 Å². The molecule has 0 aliphatic carbocycles. The van der Waals surface area contributed by atoms with Gasteiger partial charge in [-0.05, 0) is 12.1 Å². The van der Waals surface area contributed by atoms with E-state index in [0.717, 1.165) is 0 Å². The van der Waals surface area contributed by atoms with Gasteiger partial charge in [0.2, 0.25) is 5.91 Å². The molecule has 0 atom stereocenters. The molecule has 1 aromatic heterocycles. The van der Waals surface area contributed by atoms with Gasteiger partial charge in [0.25, 0.3) is 0 Å². The minimum Gasteiger partial charge on any atom is -0.337 e. The van der Waals surface area contributed by atoms with Crippen LogP contribution >= 0.6 is 0 Å². The molecule has 0 saturated carbocycles. The van der Waals surface area contributed by atoms with Gasteiger partial charge in [0.1, 0.15) is 0 Å². The first-order valence-corrected chi connectivity index (χ1v) is 6.52. The van der Waals surface area contributed by atoms with Crippen molar-refractivity contribution < 1.29 is 9.59 Å². The fourth-order valence-corrected chi connectivity index (χ4v) is 1.70. The molecule has 21 heavy (non-hydrogen) atoms. The first-order chi connectivity index (χ1) is 10.1. The summed E-state index contributed by atoms with van der Waals surface area (Å²) in [5, 5.41) is 11.9. The number of para-hydroxylation sites is 1. The van der Waals surface area contributed by atoms with Gasteiger partial charge in [-0.2, -0.15) is 5.10 Å². The van der Waals surface area contributed by atoms with Gasteiger partial charge in [-0.1, -0.05) is 18.2 Å². The van der Waals surface area contributed by atoms with Gasteiger partial charge < -0.3 is 16.0 Å². The van der Waals surface area contributed by atoms with Crippen LogP contribution in [0.4, 0.5) is 16.2 Å². The van der Waals surface area contributed by atoms with Gasteiger partial charge in [0.05, 0.1) is 11.9 Å². The maximum absolute atomic E-state index is 11.6. The lowest BCUT2D eigenvalue weighted by molar-refractivity contribution is -0.116. The van der Waals surface area contributed by atoms with E-state index in [2.05, 4.69) is 21.0 Å². The topological polar surface area (TPSA) is 88.0 Å². The zero-order valence-electron chi connectivity index (χ0n) is 11.7. The third-order valence-corrected chi connectivity index (χ3v) is 2.66. The minimum atomic E-state index is -0.338. The highest BCUT2D eigenvalue weighted by molar-refractivity contribution is 5.92. The third kappa shape index (κ3) is 4.98. The van der Waals surface area contributed by atoms with E-state index >= 15 is 0 Å². The molecule has 2 aromatic rings. The quantitative estimate of drug-likeness (QED) is 0.780. The number of hydrogen-bond donors (Lipinski definition) is 3. The number of aromatic nitrogens is 2. The molecule has 3 amide bonds. The van der Waals surface area contributed by atoms with Crippen LogP contribution < -0.4 is 16.0 Å². The fourth-order valence-electron chi connectivity index (χ4n) is 1.70. The molecular weight excluding hydrogens is 270 g/mol. The van der Waals surface area contributed by atoms with Gasteiger partial charge in [-0.3, -0.25) is 9.48 Å². The summed E-state index contributed by atoms with van der Waals surface area (Å²) in [7, 11) is 1.77. The molecule has 0 spiro atoms. The molecule has 0 aliphatic heterocycles. The van der Waals surface area contributed by atoms with Crippen molar-refractivity contribution in [2.75, 3.05) is 17.2 Å². The van der Waals surface area contributed by atoms with Gasteiger partial charge >= 0.3 is 6.03 Å². The number of amides is 3. The molecule has 0 bridgehead atoms. The Balaban J connectivity index is 1.67. The SMILES string of the molecule is Cn1cc(NC(=O)CCNC(=O)Nc2ccccc2)cn1. The minimum absolute atomic E-state index is 0.178. The van der Waals surface area contributed by atoms with E-state index in [1.165, 1.54) is 0 Å². The van der Waals surface area contributed by atoms with Crippen molar-refractivity contribution in [3.63, 3.8) is 0 Å². The first kappa shape index (κ1) is 14.6. The van der Waals surface area contributed by atoms with Crippen molar-refractivity contribution >= 4 is 23.3 Å². The van der Waals surface area contributed by atoms with Crippen molar-refractivity contribution in [2.45, 2.75) is 6.42 Å². The molecular formula is C14H17N5O2. The number of benzene rings is 1. The van der Waals surface area contributed by atoms with Crippen molar-refractivity contribution in [1.82, 2.24) is 15.1 Å². The first-order valence-electron chi connectivity index (χ1n) is 6.52. The number of hydrogen-bond acceptors (Lipinski definition) is 3. The number of anilines is 2. The summed E-state index contributed by atoms with van der Waals surface area (Å²) in [6, 6.07) is 8.76. The van der Waals surface area contributed by atoms with E-state index in [9.17, 15) is 9.59 Å². The second kappa shape index (κ2) is 7.09. The van der Waals surface area contributed by atoms with E-state index < -0.39 is 0 Å². The van der Waals surface area contributed by atoms with Crippen LogP contribution in [0.15, 0.2) is 42.7 Å². The summed E-state index contributed by atoms with van der Waals surface area (Å²) in [4.78, 5) is 23.2. The number of aryl methyl sites for hydroxylation is 1. The second-order valence-corrected chi connectivity index (χ2v) is 4.45. The predicted molar refractivity (Wildman–Crippen MR) is 79.9 cm³/mol. The Morgan fingerprint density at radius 1 is 1.14 bits per heavy atom. The summed E-state index contributed by atoms with van der Waals surface area (Å²) >= 11 is 0. The van der Waals surface area contributed by atoms with E-state index in [1.54, 1.807) is 36.3 Å². The van der Waals surface area contributed by atoms with Crippen LogP contribution in [0.2, 0.25) is 0 Å². The molecule has 2 rings (SSSR count). The van der Waals surface area contributed by atoms with Crippen LogP contribution in [0.3, 0.4) is 0 Å². The lowest BCUT2D eigenvalue weighted by Gasteiger charge is -2.07. The summed E-state index contributed by atoms with van der Waals surface area (Å²) < 4.78 is 1.60. The molecule has 110 valence electrons. The normalized spacial score (nSPS) is 9.95. The highest BCUT2D eigenvalue weighted by Gasteiger charge is 2.05. The number of rotatable bonds is 5. The Morgan fingerprint density at radius 3 is 2.57 bits per heavy atom. The number of nitrogens with one attached hydrogen (secondary N) is 3. The van der Waals surface area contributed by atoms with Gasteiger partial charge in [0.15, 0.2) is 0 Å². The number of urea groups is 1. The van der Waals surface area contributed by atoms with Crippen molar-refractivity contribution in [3.8, 4) is 0 Å². The summed E-state index contributed by atoms with van der Waals surface area (Å²) in [6.07, 6.45) is 3.46. The van der Waals surface area contributed by atoms with Gasteiger partial charge in [-0.15, -0.1) is 0 Å². The Labute approximate surface area is 122 Å². The van der Waals surface area contributed by atoms with Crippen LogP contribution in [0.5, 0.6) is 0 Å². The van der Waals surface area contributed by atoms with Crippen molar-refractivity contribution in [1.29, 1.82) is 0 Å². The summed E-state index contributed by atoms with van der Waals surface area (Å²) in [5.41, 5.74) is 1.34. The molecule has 7 nitrogen and oxygen atoms in total. The van der Waals surface area contributed by atoms with Crippen molar-refractivity contribution in [3.05, 3.63) is 42.7 Å². The van der Waals surface area contributed by atoms with E-state index in [4.69, 9.17) is 0 Å². The third-order valence-electron chi connectivity index (χ3n) is 2.66. The van der Waals surface area contributed by atoms with E-state index in [-0.39, 0.29) is 24.9 Å².